The zero-order chi connectivity index (χ0) is 25.9. The maximum atomic E-state index is 13.6. The van der Waals surface area contributed by atoms with Gasteiger partial charge in [-0.1, -0.05) is 48.0 Å². The maximum absolute atomic E-state index is 13.6. The Kier molecular flexibility index (Phi) is 8.00. The summed E-state index contributed by atoms with van der Waals surface area (Å²) in [5.74, 6) is 0.423. The molecule has 36 heavy (non-hydrogen) atoms. The molecular weight excluding hydrogens is 498 g/mol. The van der Waals surface area contributed by atoms with Gasteiger partial charge in [-0.15, -0.1) is 0 Å². The predicted octanol–water partition coefficient (Wildman–Crippen LogP) is 3.88. The molecular formula is C27H30ClN3O4S. The summed E-state index contributed by atoms with van der Waals surface area (Å²) in [6.45, 7) is 0.444. The first kappa shape index (κ1) is 26.2. The fourth-order valence-corrected chi connectivity index (χ4v) is 6.15. The molecule has 3 aromatic rings. The van der Waals surface area contributed by atoms with Crippen molar-refractivity contribution >= 4 is 27.5 Å². The number of methoxy groups -OCH3 is 1. The second kappa shape index (κ2) is 11.0. The fraction of sp³-hybridized carbons (Fsp3) is 0.296. The first-order valence-corrected chi connectivity index (χ1v) is 13.4. The lowest BCUT2D eigenvalue weighted by molar-refractivity contribution is -0.125. The van der Waals surface area contributed by atoms with Crippen molar-refractivity contribution in [1.82, 2.24) is 14.5 Å². The van der Waals surface area contributed by atoms with Crippen LogP contribution >= 0.6 is 11.6 Å². The Bertz CT molecular complexity index is 1310. The Morgan fingerprint density at radius 3 is 2.31 bits per heavy atom. The number of rotatable bonds is 8. The lowest BCUT2D eigenvalue weighted by atomic mass is 9.95. The van der Waals surface area contributed by atoms with E-state index in [0.717, 1.165) is 22.4 Å². The molecule has 1 amide bonds. The van der Waals surface area contributed by atoms with Crippen LogP contribution in [-0.4, -0.2) is 57.3 Å². The quantitative estimate of drug-likeness (QED) is 0.481. The van der Waals surface area contributed by atoms with E-state index in [1.165, 1.54) is 28.6 Å². The number of benzene rings is 3. The van der Waals surface area contributed by atoms with Gasteiger partial charge in [-0.3, -0.25) is 4.79 Å². The third-order valence-electron chi connectivity index (χ3n) is 6.52. The molecule has 7 nitrogen and oxygen atoms in total. The molecule has 9 heteroatoms. The van der Waals surface area contributed by atoms with E-state index in [1.54, 1.807) is 7.11 Å². The molecule has 1 aliphatic heterocycles. The number of nitrogens with one attached hydrogen (secondary N) is 1. The Balaban J connectivity index is 1.59. The van der Waals surface area contributed by atoms with Gasteiger partial charge in [0.1, 0.15) is 11.8 Å². The van der Waals surface area contributed by atoms with Crippen LogP contribution in [0.5, 0.6) is 5.75 Å². The molecule has 0 bridgehead atoms. The van der Waals surface area contributed by atoms with Gasteiger partial charge in [-0.25, -0.2) is 8.42 Å². The van der Waals surface area contributed by atoms with Crippen molar-refractivity contribution in [3.8, 4) is 5.75 Å². The van der Waals surface area contributed by atoms with Crippen molar-refractivity contribution in [1.29, 1.82) is 0 Å². The Morgan fingerprint density at radius 1 is 1.06 bits per heavy atom. The van der Waals surface area contributed by atoms with Crippen molar-refractivity contribution in [3.63, 3.8) is 0 Å². The summed E-state index contributed by atoms with van der Waals surface area (Å²) in [6, 6.07) is 20.4. The summed E-state index contributed by atoms with van der Waals surface area (Å²) < 4.78 is 33.8. The summed E-state index contributed by atoms with van der Waals surface area (Å²) in [4.78, 5) is 15.7. The van der Waals surface area contributed by atoms with Crippen molar-refractivity contribution in [3.05, 3.63) is 94.5 Å². The lowest BCUT2D eigenvalue weighted by Gasteiger charge is -2.35. The molecule has 2 atom stereocenters. The van der Waals surface area contributed by atoms with E-state index in [2.05, 4.69) is 5.32 Å². The lowest BCUT2D eigenvalue weighted by Crippen LogP contribution is -2.53. The number of sulfonamides is 1. The highest BCUT2D eigenvalue weighted by atomic mass is 35.5. The third-order valence-corrected chi connectivity index (χ3v) is 8.64. The molecule has 1 N–H and O–H groups in total. The van der Waals surface area contributed by atoms with Crippen LogP contribution in [0.15, 0.2) is 77.7 Å². The van der Waals surface area contributed by atoms with E-state index in [1.807, 2.05) is 67.5 Å². The van der Waals surface area contributed by atoms with Crippen LogP contribution in [0.25, 0.3) is 0 Å². The van der Waals surface area contributed by atoms with Gasteiger partial charge >= 0.3 is 0 Å². The molecule has 0 radical (unpaired) electrons. The number of fused-ring (bicyclic) bond motifs is 1. The van der Waals surface area contributed by atoms with E-state index in [9.17, 15) is 13.2 Å². The van der Waals surface area contributed by atoms with Crippen LogP contribution in [0, 0.1) is 0 Å². The van der Waals surface area contributed by atoms with Crippen molar-refractivity contribution in [2.45, 2.75) is 29.9 Å². The Morgan fingerprint density at radius 2 is 1.69 bits per heavy atom. The van der Waals surface area contributed by atoms with Crippen LogP contribution in [0.4, 0.5) is 0 Å². The highest BCUT2D eigenvalue weighted by molar-refractivity contribution is 7.89. The maximum Gasteiger partial charge on any atom is 0.244 e. The highest BCUT2D eigenvalue weighted by Crippen LogP contribution is 2.30. The highest BCUT2D eigenvalue weighted by Gasteiger charge is 2.39. The van der Waals surface area contributed by atoms with Gasteiger partial charge in [-0.2, -0.15) is 4.31 Å². The molecule has 0 saturated carbocycles. The second-order valence-electron chi connectivity index (χ2n) is 8.99. The zero-order valence-electron chi connectivity index (χ0n) is 20.5. The summed E-state index contributed by atoms with van der Waals surface area (Å²) >= 11 is 5.97. The first-order valence-electron chi connectivity index (χ1n) is 11.6. The minimum atomic E-state index is -3.94. The number of nitrogens with zero attached hydrogens (tertiary/aromatic N) is 2. The molecule has 0 spiro atoms. The Hall–Kier alpha value is -2.91. The van der Waals surface area contributed by atoms with Gasteiger partial charge in [0.15, 0.2) is 0 Å². The van der Waals surface area contributed by atoms with E-state index in [-0.39, 0.29) is 23.4 Å². The number of carbonyl (C=O) groups excluding carboxylic acids is 1. The number of carbonyl (C=O) groups is 1. The molecule has 0 aromatic heterocycles. The summed E-state index contributed by atoms with van der Waals surface area (Å²) in [6.07, 6.45) is 0.296. The normalized spacial score (nSPS) is 16.9. The second-order valence-corrected chi connectivity index (χ2v) is 11.3. The van der Waals surface area contributed by atoms with Crippen LogP contribution < -0.4 is 10.1 Å². The average Bonchev–Trinajstić information content (AvgIpc) is 2.88. The number of halogens is 1. The fourth-order valence-electron chi connectivity index (χ4n) is 4.46. The van der Waals surface area contributed by atoms with Crippen LogP contribution in [0.3, 0.4) is 0 Å². The zero-order valence-corrected chi connectivity index (χ0v) is 22.1. The summed E-state index contributed by atoms with van der Waals surface area (Å²) in [5, 5.41) is 3.46. The minimum absolute atomic E-state index is 0.0999. The molecule has 1 aliphatic rings. The van der Waals surface area contributed by atoms with Gasteiger partial charge in [0.05, 0.1) is 18.0 Å². The largest absolute Gasteiger partial charge is 0.497 e. The molecule has 1 heterocycles. The summed E-state index contributed by atoms with van der Waals surface area (Å²) in [7, 11) is 1.55. The van der Waals surface area contributed by atoms with Gasteiger partial charge in [-0.05, 0) is 73.6 Å². The van der Waals surface area contributed by atoms with Crippen molar-refractivity contribution in [2.75, 3.05) is 27.7 Å². The van der Waals surface area contributed by atoms with Crippen LogP contribution in [-0.2, 0) is 27.8 Å². The standard InChI is InChI=1S/C27H30ClN3O4S/c1-30(2)26(19-8-12-23(35-3)13-9-19)17-29-27(32)25-16-20-6-4-5-7-21(20)18-31(25)36(33,34)24-14-10-22(28)11-15-24/h4-15,25-26H,16-18H2,1-3H3,(H,29,32)/t25-,26+/m0/s1. The van der Waals surface area contributed by atoms with Crippen LogP contribution in [0.2, 0.25) is 5.02 Å². The molecule has 0 unspecified atom stereocenters. The van der Waals surface area contributed by atoms with Gasteiger partial charge in [0.25, 0.3) is 0 Å². The molecule has 4 rings (SSSR count). The van der Waals surface area contributed by atoms with E-state index in [0.29, 0.717) is 18.0 Å². The first-order chi connectivity index (χ1) is 17.2. The number of hydrogen-bond donors (Lipinski definition) is 1. The van der Waals surface area contributed by atoms with E-state index >= 15 is 0 Å². The van der Waals surface area contributed by atoms with Gasteiger partial charge in [0.2, 0.25) is 15.9 Å². The van der Waals surface area contributed by atoms with Crippen molar-refractivity contribution in [2.24, 2.45) is 0 Å². The predicted molar refractivity (Wildman–Crippen MR) is 141 cm³/mol. The SMILES string of the molecule is COc1ccc([C@@H](CNC(=O)[C@@H]2Cc3ccccc3CN2S(=O)(=O)c2ccc(Cl)cc2)N(C)C)cc1. The molecule has 0 fully saturated rings. The molecule has 190 valence electrons. The van der Waals surface area contributed by atoms with E-state index < -0.39 is 16.1 Å². The summed E-state index contributed by atoms with van der Waals surface area (Å²) in [5.41, 5.74) is 2.88. The molecule has 0 saturated heterocycles. The number of amides is 1. The van der Waals surface area contributed by atoms with Crippen molar-refractivity contribution < 1.29 is 17.9 Å². The average molecular weight is 528 g/mol. The number of likely N-dealkylation sites (N-methyl/N-ethyl adjacent to an activating group) is 1. The number of hydrogen-bond acceptors (Lipinski definition) is 5. The third kappa shape index (κ3) is 5.57. The van der Waals surface area contributed by atoms with Gasteiger partial charge in [0, 0.05) is 18.1 Å². The number of ether oxygens (including phenoxy) is 1. The smallest absolute Gasteiger partial charge is 0.244 e. The monoisotopic (exact) mass is 527 g/mol. The van der Waals surface area contributed by atoms with E-state index in [4.69, 9.17) is 16.3 Å². The Labute approximate surface area is 217 Å². The van der Waals surface area contributed by atoms with Gasteiger partial charge < -0.3 is 15.0 Å². The van der Waals surface area contributed by atoms with Crippen LogP contribution in [0.1, 0.15) is 22.7 Å². The molecule has 3 aromatic carbocycles. The topological polar surface area (TPSA) is 79.0 Å². The molecule has 0 aliphatic carbocycles. The minimum Gasteiger partial charge on any atom is -0.497 e.